The Hall–Kier alpha value is -2.18. The molecule has 1 fully saturated rings. The van der Waals surface area contributed by atoms with E-state index in [1.807, 2.05) is 6.07 Å². The number of ether oxygens (including phenoxy) is 2. The number of aromatic nitrogens is 1. The Morgan fingerprint density at radius 2 is 1.76 bits per heavy atom. The lowest BCUT2D eigenvalue weighted by atomic mass is 10.1. The Kier molecular flexibility index (Phi) is 5.38. The lowest BCUT2D eigenvalue weighted by Gasteiger charge is -2.36. The van der Waals surface area contributed by atoms with E-state index >= 15 is 0 Å². The lowest BCUT2D eigenvalue weighted by molar-refractivity contribution is 0.171. The molecule has 2 aliphatic heterocycles. The van der Waals surface area contributed by atoms with Crippen LogP contribution in [0.2, 0.25) is 0 Å². The second kappa shape index (κ2) is 8.28. The molecule has 0 spiro atoms. The van der Waals surface area contributed by atoms with E-state index in [-0.39, 0.29) is 0 Å². The zero-order valence-electron chi connectivity index (χ0n) is 16.5. The Morgan fingerprint density at radius 1 is 0.931 bits per heavy atom. The van der Waals surface area contributed by atoms with E-state index in [0.29, 0.717) is 13.2 Å². The number of hydrogen-bond donors (Lipinski definition) is 1. The Balaban J connectivity index is 1.13. The molecule has 0 aliphatic carbocycles. The first-order chi connectivity index (χ1) is 14.3. The molecule has 1 N–H and O–H groups in total. The summed E-state index contributed by atoms with van der Waals surface area (Å²) in [6.07, 6.45) is 4.46. The predicted molar refractivity (Wildman–Crippen MR) is 120 cm³/mol. The van der Waals surface area contributed by atoms with Crippen LogP contribution in [0.3, 0.4) is 0 Å². The number of aromatic amines is 1. The number of nitrogens with one attached hydrogen (secondary N) is 1. The zero-order valence-corrected chi connectivity index (χ0v) is 18.1. The molecule has 6 heteroatoms. The van der Waals surface area contributed by atoms with E-state index in [1.165, 1.54) is 28.6 Å². The van der Waals surface area contributed by atoms with Crippen LogP contribution in [0.4, 0.5) is 5.69 Å². The standard InChI is InChI=1S/C23H26BrN3O2/c24-18-3-5-21-20(14-18)17(16-25-21)2-1-7-26-8-10-27(11-9-26)19-4-6-22-23(15-19)29-13-12-28-22/h3-6,14-16,25H,1-2,7-13H2. The molecule has 2 aliphatic rings. The smallest absolute Gasteiger partial charge is 0.163 e. The second-order valence-corrected chi connectivity index (χ2v) is 8.68. The number of H-pyrrole nitrogens is 1. The molecule has 5 nitrogen and oxygen atoms in total. The quantitative estimate of drug-likeness (QED) is 0.616. The summed E-state index contributed by atoms with van der Waals surface area (Å²) in [6, 6.07) is 12.8. The van der Waals surface area contributed by atoms with E-state index in [0.717, 1.165) is 55.1 Å². The van der Waals surface area contributed by atoms with Gasteiger partial charge in [-0.2, -0.15) is 0 Å². The molecule has 3 heterocycles. The third-order valence-corrected chi connectivity index (χ3v) is 6.41. The number of benzene rings is 2. The van der Waals surface area contributed by atoms with Crippen molar-refractivity contribution in [3.05, 3.63) is 52.6 Å². The third-order valence-electron chi connectivity index (χ3n) is 5.91. The fourth-order valence-corrected chi connectivity index (χ4v) is 4.67. The summed E-state index contributed by atoms with van der Waals surface area (Å²) in [4.78, 5) is 8.42. The minimum Gasteiger partial charge on any atom is -0.486 e. The molecule has 29 heavy (non-hydrogen) atoms. The van der Waals surface area contributed by atoms with E-state index in [9.17, 15) is 0 Å². The van der Waals surface area contributed by atoms with E-state index in [2.05, 4.69) is 67.2 Å². The van der Waals surface area contributed by atoms with E-state index in [4.69, 9.17) is 9.47 Å². The van der Waals surface area contributed by atoms with Gasteiger partial charge in [0.25, 0.3) is 0 Å². The summed E-state index contributed by atoms with van der Waals surface area (Å²) in [5, 5.41) is 1.34. The number of hydrogen-bond acceptors (Lipinski definition) is 4. The molecule has 0 saturated carbocycles. The molecule has 0 radical (unpaired) electrons. The third kappa shape index (κ3) is 4.09. The maximum absolute atomic E-state index is 5.73. The normalized spacial score (nSPS) is 17.1. The first kappa shape index (κ1) is 18.8. The SMILES string of the molecule is Brc1ccc2[nH]cc(CCCN3CCN(c4ccc5c(c4)OCCO5)CC3)c2c1. The molecule has 1 saturated heterocycles. The van der Waals surface area contributed by atoms with Gasteiger partial charge in [0.2, 0.25) is 0 Å². The summed E-state index contributed by atoms with van der Waals surface area (Å²) in [5.74, 6) is 1.74. The first-order valence-electron chi connectivity index (χ1n) is 10.4. The van der Waals surface area contributed by atoms with Crippen molar-refractivity contribution in [2.24, 2.45) is 0 Å². The van der Waals surface area contributed by atoms with Crippen LogP contribution >= 0.6 is 15.9 Å². The van der Waals surface area contributed by atoms with Gasteiger partial charge in [-0.05, 0) is 55.3 Å². The van der Waals surface area contributed by atoms with Gasteiger partial charge < -0.3 is 19.4 Å². The number of halogens is 1. The second-order valence-electron chi connectivity index (χ2n) is 7.76. The lowest BCUT2D eigenvalue weighted by Crippen LogP contribution is -2.46. The maximum atomic E-state index is 5.73. The molecule has 0 atom stereocenters. The average molecular weight is 456 g/mol. The molecule has 0 bridgehead atoms. The number of anilines is 1. The highest BCUT2D eigenvalue weighted by molar-refractivity contribution is 9.10. The van der Waals surface area contributed by atoms with Crippen molar-refractivity contribution in [3.8, 4) is 11.5 Å². The van der Waals surface area contributed by atoms with Crippen molar-refractivity contribution >= 4 is 32.5 Å². The highest BCUT2D eigenvalue weighted by Crippen LogP contribution is 2.34. The van der Waals surface area contributed by atoms with Crippen LogP contribution < -0.4 is 14.4 Å². The van der Waals surface area contributed by atoms with Crippen LogP contribution in [0, 0.1) is 0 Å². The summed E-state index contributed by atoms with van der Waals surface area (Å²) in [5.41, 5.74) is 3.87. The molecule has 0 amide bonds. The van der Waals surface area contributed by atoms with Crippen LogP contribution in [-0.2, 0) is 6.42 Å². The summed E-state index contributed by atoms with van der Waals surface area (Å²) in [7, 11) is 0. The first-order valence-corrected chi connectivity index (χ1v) is 11.2. The largest absolute Gasteiger partial charge is 0.486 e. The van der Waals surface area contributed by atoms with Crippen LogP contribution in [0.15, 0.2) is 47.1 Å². The van der Waals surface area contributed by atoms with Gasteiger partial charge in [-0.1, -0.05) is 15.9 Å². The van der Waals surface area contributed by atoms with Crippen LogP contribution in [-0.4, -0.2) is 55.8 Å². The van der Waals surface area contributed by atoms with E-state index < -0.39 is 0 Å². The molecule has 3 aromatic rings. The summed E-state index contributed by atoms with van der Waals surface area (Å²) >= 11 is 3.59. The minimum absolute atomic E-state index is 0.637. The Bertz CT molecular complexity index is 995. The van der Waals surface area contributed by atoms with Crippen molar-refractivity contribution in [1.29, 1.82) is 0 Å². The molecule has 0 unspecified atom stereocenters. The average Bonchev–Trinajstić information content (AvgIpc) is 3.16. The van der Waals surface area contributed by atoms with Crippen molar-refractivity contribution in [1.82, 2.24) is 9.88 Å². The Morgan fingerprint density at radius 3 is 2.62 bits per heavy atom. The van der Waals surface area contributed by atoms with Gasteiger partial charge in [-0.15, -0.1) is 0 Å². The molecule has 2 aromatic carbocycles. The highest BCUT2D eigenvalue weighted by Gasteiger charge is 2.19. The van der Waals surface area contributed by atoms with Gasteiger partial charge >= 0.3 is 0 Å². The number of rotatable bonds is 5. The monoisotopic (exact) mass is 455 g/mol. The topological polar surface area (TPSA) is 40.7 Å². The summed E-state index contributed by atoms with van der Waals surface area (Å²) < 4.78 is 12.5. The minimum atomic E-state index is 0.637. The Labute approximate surface area is 179 Å². The van der Waals surface area contributed by atoms with Gasteiger partial charge in [0, 0.05) is 59.5 Å². The van der Waals surface area contributed by atoms with Gasteiger partial charge in [-0.3, -0.25) is 4.90 Å². The molecular weight excluding hydrogens is 430 g/mol. The van der Waals surface area contributed by atoms with Gasteiger partial charge in [0.15, 0.2) is 11.5 Å². The fraction of sp³-hybridized carbons (Fsp3) is 0.391. The number of aryl methyl sites for hydroxylation is 1. The van der Waals surface area contributed by atoms with E-state index in [1.54, 1.807) is 0 Å². The van der Waals surface area contributed by atoms with Crippen molar-refractivity contribution in [3.63, 3.8) is 0 Å². The predicted octanol–water partition coefficient (Wildman–Crippen LogP) is 4.46. The van der Waals surface area contributed by atoms with Gasteiger partial charge in [-0.25, -0.2) is 0 Å². The van der Waals surface area contributed by atoms with Crippen LogP contribution in [0.5, 0.6) is 11.5 Å². The zero-order chi connectivity index (χ0) is 19.6. The van der Waals surface area contributed by atoms with Crippen LogP contribution in [0.1, 0.15) is 12.0 Å². The van der Waals surface area contributed by atoms with Crippen molar-refractivity contribution in [2.45, 2.75) is 12.8 Å². The van der Waals surface area contributed by atoms with Crippen molar-refractivity contribution < 1.29 is 9.47 Å². The van der Waals surface area contributed by atoms with Gasteiger partial charge in [0.05, 0.1) is 0 Å². The molecule has 152 valence electrons. The maximum Gasteiger partial charge on any atom is 0.163 e. The number of nitrogens with zero attached hydrogens (tertiary/aromatic N) is 2. The van der Waals surface area contributed by atoms with Crippen LogP contribution in [0.25, 0.3) is 10.9 Å². The highest BCUT2D eigenvalue weighted by atomic mass is 79.9. The number of piperazine rings is 1. The van der Waals surface area contributed by atoms with Gasteiger partial charge in [0.1, 0.15) is 13.2 Å². The van der Waals surface area contributed by atoms with Crippen molar-refractivity contribution in [2.75, 3.05) is 50.8 Å². The number of fused-ring (bicyclic) bond motifs is 2. The fourth-order valence-electron chi connectivity index (χ4n) is 4.31. The molecular formula is C23H26BrN3O2. The molecule has 1 aromatic heterocycles. The molecule has 5 rings (SSSR count). The summed E-state index contributed by atoms with van der Waals surface area (Å²) in [6.45, 7) is 6.75.